The average Bonchev–Trinajstić information content (AvgIpc) is 2.54. The predicted octanol–water partition coefficient (Wildman–Crippen LogP) is 2.71. The van der Waals surface area contributed by atoms with E-state index < -0.39 is 0 Å². The molecule has 0 N–H and O–H groups in total. The molecule has 3 aromatic rings. The molecule has 0 fully saturated rings. The summed E-state index contributed by atoms with van der Waals surface area (Å²) in [4.78, 5) is 20.5. The zero-order valence-electron chi connectivity index (χ0n) is 11.9. The Morgan fingerprint density at radius 2 is 1.91 bits per heavy atom. The van der Waals surface area contributed by atoms with Crippen molar-refractivity contribution in [2.45, 2.75) is 13.5 Å². The summed E-state index contributed by atoms with van der Waals surface area (Å²) >= 11 is 5.88. The summed E-state index contributed by atoms with van der Waals surface area (Å²) in [7, 11) is 0. The molecule has 3 rings (SSSR count). The third kappa shape index (κ3) is 3.04. The van der Waals surface area contributed by atoms with Gasteiger partial charge in [0, 0.05) is 23.0 Å². The molecule has 0 amide bonds. The van der Waals surface area contributed by atoms with Crippen LogP contribution in [0, 0.1) is 6.92 Å². The van der Waals surface area contributed by atoms with Crippen LogP contribution in [0.1, 0.15) is 11.1 Å². The number of halogens is 1. The number of hydrogen-bond acceptors (Lipinski definition) is 4. The zero-order chi connectivity index (χ0) is 15.5. The lowest BCUT2D eigenvalue weighted by Crippen LogP contribution is -2.25. The average molecular weight is 313 g/mol. The van der Waals surface area contributed by atoms with E-state index in [1.165, 1.54) is 4.68 Å². The van der Waals surface area contributed by atoms with Crippen LogP contribution in [0.2, 0.25) is 5.02 Å². The van der Waals surface area contributed by atoms with E-state index in [0.717, 1.165) is 5.56 Å². The van der Waals surface area contributed by atoms with Gasteiger partial charge in [0.2, 0.25) is 0 Å². The first kappa shape index (κ1) is 14.4. The van der Waals surface area contributed by atoms with Gasteiger partial charge in [0.05, 0.1) is 12.7 Å². The fourth-order valence-corrected chi connectivity index (χ4v) is 2.23. The molecule has 0 aliphatic rings. The number of rotatable bonds is 3. The molecular formula is C16H13ClN4O. The van der Waals surface area contributed by atoms with Crippen molar-refractivity contribution in [2.75, 3.05) is 0 Å². The molecule has 5 nitrogen and oxygen atoms in total. The molecule has 110 valence electrons. The summed E-state index contributed by atoms with van der Waals surface area (Å²) in [6.07, 6.45) is 4.82. The minimum atomic E-state index is -0.123. The molecule has 6 heteroatoms. The maximum atomic E-state index is 12.3. The van der Waals surface area contributed by atoms with Crippen molar-refractivity contribution >= 4 is 11.6 Å². The van der Waals surface area contributed by atoms with Crippen LogP contribution < -0.4 is 5.56 Å². The lowest BCUT2D eigenvalue weighted by Gasteiger charge is -2.09. The van der Waals surface area contributed by atoms with E-state index >= 15 is 0 Å². The number of nitrogens with zero attached hydrogens (tertiary/aromatic N) is 4. The Morgan fingerprint density at radius 3 is 2.59 bits per heavy atom. The second kappa shape index (κ2) is 6.07. The molecule has 2 aromatic heterocycles. The van der Waals surface area contributed by atoms with E-state index in [1.807, 2.05) is 12.1 Å². The van der Waals surface area contributed by atoms with Gasteiger partial charge in [0.25, 0.3) is 5.56 Å². The van der Waals surface area contributed by atoms with E-state index in [1.54, 1.807) is 43.7 Å². The van der Waals surface area contributed by atoms with Gasteiger partial charge < -0.3 is 0 Å². The van der Waals surface area contributed by atoms with E-state index in [-0.39, 0.29) is 5.56 Å². The largest absolute Gasteiger partial charge is 0.270 e. The van der Waals surface area contributed by atoms with Crippen LogP contribution in [0.4, 0.5) is 0 Å². The lowest BCUT2D eigenvalue weighted by atomic mass is 10.2. The Hall–Kier alpha value is -2.53. The quantitative estimate of drug-likeness (QED) is 0.746. The van der Waals surface area contributed by atoms with E-state index in [4.69, 9.17) is 11.6 Å². The van der Waals surface area contributed by atoms with Crippen molar-refractivity contribution < 1.29 is 0 Å². The van der Waals surface area contributed by atoms with E-state index in [9.17, 15) is 4.79 Å². The topological polar surface area (TPSA) is 60.7 Å². The summed E-state index contributed by atoms with van der Waals surface area (Å²) in [5.74, 6) is 0. The second-order valence-corrected chi connectivity index (χ2v) is 5.33. The highest BCUT2D eigenvalue weighted by atomic mass is 35.5. The Balaban J connectivity index is 2.02. The standard InChI is InChI=1S/C16H13ClN4O/c1-11-8-14(15-9-18-6-7-19-15)20-21(16(11)22)10-12-2-4-13(17)5-3-12/h2-9H,10H2,1H3. The first-order valence-electron chi connectivity index (χ1n) is 6.73. The number of aryl methyl sites for hydroxylation is 1. The van der Waals surface area contributed by atoms with Gasteiger partial charge in [0.1, 0.15) is 11.4 Å². The maximum absolute atomic E-state index is 12.3. The summed E-state index contributed by atoms with van der Waals surface area (Å²) < 4.78 is 1.43. The van der Waals surface area contributed by atoms with E-state index in [0.29, 0.717) is 28.5 Å². The van der Waals surface area contributed by atoms with Gasteiger partial charge in [-0.25, -0.2) is 4.68 Å². The minimum absolute atomic E-state index is 0.123. The van der Waals surface area contributed by atoms with E-state index in [2.05, 4.69) is 15.1 Å². The number of hydrogen-bond donors (Lipinski definition) is 0. The van der Waals surface area contributed by atoms with Crippen molar-refractivity contribution in [3.63, 3.8) is 0 Å². The van der Waals surface area contributed by atoms with Crippen molar-refractivity contribution in [1.29, 1.82) is 0 Å². The highest BCUT2D eigenvalue weighted by molar-refractivity contribution is 6.30. The first-order chi connectivity index (χ1) is 10.6. The van der Waals surface area contributed by atoms with Gasteiger partial charge in [-0.3, -0.25) is 14.8 Å². The summed E-state index contributed by atoms with van der Waals surface area (Å²) in [5.41, 5.74) is 2.71. The van der Waals surface area contributed by atoms with Crippen LogP contribution in [-0.2, 0) is 6.54 Å². The molecule has 0 atom stereocenters. The smallest absolute Gasteiger partial charge is 0.268 e. The van der Waals surface area contributed by atoms with Gasteiger partial charge in [-0.1, -0.05) is 23.7 Å². The molecule has 0 aliphatic carbocycles. The molecule has 1 aromatic carbocycles. The molecule has 22 heavy (non-hydrogen) atoms. The highest BCUT2D eigenvalue weighted by Crippen LogP contribution is 2.13. The monoisotopic (exact) mass is 312 g/mol. The number of benzene rings is 1. The Bertz CT molecular complexity index is 844. The summed E-state index contributed by atoms with van der Waals surface area (Å²) in [5, 5.41) is 5.05. The van der Waals surface area contributed by atoms with Crippen LogP contribution >= 0.6 is 11.6 Å². The number of aromatic nitrogens is 4. The van der Waals surface area contributed by atoms with Crippen LogP contribution in [0.25, 0.3) is 11.4 Å². The summed E-state index contributed by atoms with van der Waals surface area (Å²) in [6.45, 7) is 2.15. The maximum Gasteiger partial charge on any atom is 0.270 e. The summed E-state index contributed by atoms with van der Waals surface area (Å²) in [6, 6.07) is 9.06. The molecule has 0 aliphatic heterocycles. The molecule has 0 spiro atoms. The molecule has 0 radical (unpaired) electrons. The predicted molar refractivity (Wildman–Crippen MR) is 84.8 cm³/mol. The fourth-order valence-electron chi connectivity index (χ4n) is 2.10. The van der Waals surface area contributed by atoms with Crippen molar-refractivity contribution in [3.8, 4) is 11.4 Å². The minimum Gasteiger partial charge on any atom is -0.268 e. The van der Waals surface area contributed by atoms with Gasteiger partial charge >= 0.3 is 0 Å². The molecule has 0 bridgehead atoms. The SMILES string of the molecule is Cc1cc(-c2cnccn2)nn(Cc2ccc(Cl)cc2)c1=O. The first-order valence-corrected chi connectivity index (χ1v) is 7.11. The molecule has 2 heterocycles. The highest BCUT2D eigenvalue weighted by Gasteiger charge is 2.08. The third-order valence-electron chi connectivity index (χ3n) is 3.22. The zero-order valence-corrected chi connectivity index (χ0v) is 12.7. The third-order valence-corrected chi connectivity index (χ3v) is 3.48. The second-order valence-electron chi connectivity index (χ2n) is 4.89. The molecule has 0 saturated carbocycles. The molecular weight excluding hydrogens is 300 g/mol. The van der Waals surface area contributed by atoms with Crippen molar-refractivity contribution in [1.82, 2.24) is 19.7 Å². The van der Waals surface area contributed by atoms with Gasteiger partial charge in [-0.15, -0.1) is 0 Å². The molecule has 0 unspecified atom stereocenters. The van der Waals surface area contributed by atoms with Crippen LogP contribution in [0.5, 0.6) is 0 Å². The van der Waals surface area contributed by atoms with Crippen LogP contribution in [0.15, 0.2) is 53.7 Å². The van der Waals surface area contributed by atoms with Crippen LogP contribution in [-0.4, -0.2) is 19.7 Å². The fraction of sp³-hybridized carbons (Fsp3) is 0.125. The Morgan fingerprint density at radius 1 is 1.14 bits per heavy atom. The normalized spacial score (nSPS) is 10.6. The van der Waals surface area contributed by atoms with Gasteiger partial charge in [0.15, 0.2) is 0 Å². The van der Waals surface area contributed by atoms with Crippen molar-refractivity contribution in [3.05, 3.63) is 75.4 Å². The van der Waals surface area contributed by atoms with Crippen molar-refractivity contribution in [2.24, 2.45) is 0 Å². The van der Waals surface area contributed by atoms with Gasteiger partial charge in [-0.2, -0.15) is 5.10 Å². The molecule has 0 saturated heterocycles. The lowest BCUT2D eigenvalue weighted by molar-refractivity contribution is 0.637. The Kier molecular flexibility index (Phi) is 3.98. The van der Waals surface area contributed by atoms with Crippen LogP contribution in [0.3, 0.4) is 0 Å². The van der Waals surface area contributed by atoms with Gasteiger partial charge in [-0.05, 0) is 30.7 Å². The Labute approximate surface area is 132 Å².